The molecule has 0 bridgehead atoms. The predicted octanol–water partition coefficient (Wildman–Crippen LogP) is 3.02. The molecule has 0 unspecified atom stereocenters. The molecule has 9 heteroatoms. The zero-order chi connectivity index (χ0) is 23.1. The van der Waals surface area contributed by atoms with E-state index >= 15 is 0 Å². The van der Waals surface area contributed by atoms with E-state index in [4.69, 9.17) is 10.5 Å². The van der Waals surface area contributed by atoms with Gasteiger partial charge in [0.25, 0.3) is 15.9 Å². The lowest BCUT2D eigenvalue weighted by Crippen LogP contribution is -2.38. The Bertz CT molecular complexity index is 1210. The summed E-state index contributed by atoms with van der Waals surface area (Å²) in [7, 11) is -4.11. The monoisotopic (exact) mass is 453 g/mol. The van der Waals surface area contributed by atoms with Gasteiger partial charge in [-0.15, -0.1) is 0 Å². The van der Waals surface area contributed by atoms with Crippen molar-refractivity contribution in [2.45, 2.75) is 11.8 Å². The predicted molar refractivity (Wildman–Crippen MR) is 122 cm³/mol. The maximum Gasteiger partial charge on any atom is 0.264 e. The van der Waals surface area contributed by atoms with E-state index in [2.05, 4.69) is 5.32 Å². The number of anilines is 2. The fourth-order valence-corrected chi connectivity index (χ4v) is 4.54. The van der Waals surface area contributed by atoms with Crippen molar-refractivity contribution >= 4 is 33.2 Å². The van der Waals surface area contributed by atoms with E-state index in [1.165, 1.54) is 24.3 Å². The van der Waals surface area contributed by atoms with E-state index in [1.807, 2.05) is 0 Å². The molecular weight excluding hydrogens is 430 g/mol. The van der Waals surface area contributed by atoms with E-state index in [9.17, 15) is 18.0 Å². The third kappa shape index (κ3) is 5.06. The summed E-state index contributed by atoms with van der Waals surface area (Å²) in [5.41, 5.74) is 5.90. The van der Waals surface area contributed by atoms with Gasteiger partial charge in [0.2, 0.25) is 5.91 Å². The summed E-state index contributed by atoms with van der Waals surface area (Å²) in [5, 5.41) is 2.58. The molecule has 3 N–H and O–H groups in total. The minimum atomic E-state index is -4.11. The Morgan fingerprint density at radius 2 is 1.56 bits per heavy atom. The molecule has 2 amide bonds. The van der Waals surface area contributed by atoms with Crippen LogP contribution in [0.25, 0.3) is 0 Å². The largest absolute Gasteiger partial charge is 0.492 e. The summed E-state index contributed by atoms with van der Waals surface area (Å²) in [6.07, 6.45) is 0. The number of sulfonamides is 1. The second-order valence-corrected chi connectivity index (χ2v) is 8.55. The zero-order valence-corrected chi connectivity index (χ0v) is 18.2. The van der Waals surface area contributed by atoms with Crippen LogP contribution in [0.3, 0.4) is 0 Å². The van der Waals surface area contributed by atoms with Gasteiger partial charge in [0, 0.05) is 0 Å². The first-order valence-electron chi connectivity index (χ1n) is 9.83. The number of nitrogens with one attached hydrogen (secondary N) is 1. The number of nitrogens with two attached hydrogens (primary N) is 1. The van der Waals surface area contributed by atoms with Gasteiger partial charge in [0.15, 0.2) is 0 Å². The fraction of sp³-hybridized carbons (Fsp3) is 0.130. The van der Waals surface area contributed by atoms with E-state index in [-0.39, 0.29) is 21.8 Å². The first kappa shape index (κ1) is 22.8. The summed E-state index contributed by atoms with van der Waals surface area (Å²) >= 11 is 0. The van der Waals surface area contributed by atoms with Gasteiger partial charge in [-0.1, -0.05) is 42.5 Å². The lowest BCUT2D eigenvalue weighted by Gasteiger charge is -2.26. The van der Waals surface area contributed by atoms with Gasteiger partial charge >= 0.3 is 0 Å². The van der Waals surface area contributed by atoms with Gasteiger partial charge in [0.05, 0.1) is 28.4 Å². The Balaban J connectivity index is 2.01. The molecular formula is C23H23N3O5S. The molecule has 0 aliphatic carbocycles. The summed E-state index contributed by atoms with van der Waals surface area (Å²) in [6, 6.07) is 20.6. The molecule has 8 nitrogen and oxygen atoms in total. The van der Waals surface area contributed by atoms with Crippen LogP contribution in [0.15, 0.2) is 83.8 Å². The summed E-state index contributed by atoms with van der Waals surface area (Å²) in [5.74, 6) is -1.04. The van der Waals surface area contributed by atoms with E-state index in [0.29, 0.717) is 12.4 Å². The Kier molecular flexibility index (Phi) is 7.11. The highest BCUT2D eigenvalue weighted by molar-refractivity contribution is 7.92. The molecule has 32 heavy (non-hydrogen) atoms. The first-order chi connectivity index (χ1) is 15.3. The molecule has 0 aliphatic rings. The smallest absolute Gasteiger partial charge is 0.264 e. The molecule has 3 rings (SSSR count). The number of hydrogen-bond acceptors (Lipinski definition) is 5. The van der Waals surface area contributed by atoms with E-state index < -0.39 is 28.4 Å². The number of benzene rings is 3. The van der Waals surface area contributed by atoms with Gasteiger partial charge in [-0.05, 0) is 43.3 Å². The van der Waals surface area contributed by atoms with E-state index in [1.54, 1.807) is 61.5 Å². The molecule has 0 saturated heterocycles. The number of ether oxygens (including phenoxy) is 1. The van der Waals surface area contributed by atoms with Crippen molar-refractivity contribution in [1.82, 2.24) is 0 Å². The molecule has 3 aromatic rings. The molecule has 166 valence electrons. The maximum absolute atomic E-state index is 13.5. The number of hydrogen-bond donors (Lipinski definition) is 2. The first-order valence-corrected chi connectivity index (χ1v) is 11.3. The Morgan fingerprint density at radius 1 is 0.938 bits per heavy atom. The minimum absolute atomic E-state index is 0.0247. The van der Waals surface area contributed by atoms with Gasteiger partial charge in [-0.3, -0.25) is 13.9 Å². The van der Waals surface area contributed by atoms with Gasteiger partial charge in [-0.25, -0.2) is 8.42 Å². The van der Waals surface area contributed by atoms with Crippen molar-refractivity contribution in [2.75, 3.05) is 22.8 Å². The van der Waals surface area contributed by atoms with Crippen LogP contribution in [0.5, 0.6) is 5.75 Å². The maximum atomic E-state index is 13.5. The average molecular weight is 454 g/mol. The highest BCUT2D eigenvalue weighted by Gasteiger charge is 2.29. The standard InChI is InChI=1S/C23H23N3O5S/c1-2-31-21-15-9-8-14-20(21)26(32(29,30)17-10-4-3-5-11-17)16-22(27)25-19-13-7-6-12-18(19)23(24)28/h3-15H,2,16H2,1H3,(H2,24,28)(H,25,27). The molecule has 0 aromatic heterocycles. The topological polar surface area (TPSA) is 119 Å². The van der Waals surface area contributed by atoms with Crippen LogP contribution < -0.4 is 20.1 Å². The van der Waals surface area contributed by atoms with Crippen molar-refractivity contribution in [3.05, 3.63) is 84.4 Å². The van der Waals surface area contributed by atoms with E-state index in [0.717, 1.165) is 4.31 Å². The highest BCUT2D eigenvalue weighted by atomic mass is 32.2. The van der Waals surface area contributed by atoms with Crippen LogP contribution in [0.4, 0.5) is 11.4 Å². The quantitative estimate of drug-likeness (QED) is 0.516. The Labute approximate surface area is 186 Å². The Morgan fingerprint density at radius 3 is 2.25 bits per heavy atom. The number of rotatable bonds is 9. The molecule has 0 saturated carbocycles. The molecule has 0 radical (unpaired) electrons. The van der Waals surface area contributed by atoms with Crippen LogP contribution in [0.1, 0.15) is 17.3 Å². The van der Waals surface area contributed by atoms with Gasteiger partial charge in [-0.2, -0.15) is 0 Å². The Hall–Kier alpha value is -3.85. The van der Waals surface area contributed by atoms with Crippen LogP contribution in [-0.4, -0.2) is 33.4 Å². The van der Waals surface area contributed by atoms with Crippen LogP contribution in [-0.2, 0) is 14.8 Å². The average Bonchev–Trinajstić information content (AvgIpc) is 2.79. The number of para-hydroxylation sites is 3. The van der Waals surface area contributed by atoms with Crippen molar-refractivity contribution in [3.8, 4) is 5.75 Å². The lowest BCUT2D eigenvalue weighted by molar-refractivity contribution is -0.114. The summed E-state index contributed by atoms with van der Waals surface area (Å²) in [6.45, 7) is 1.54. The van der Waals surface area contributed by atoms with Crippen LogP contribution in [0.2, 0.25) is 0 Å². The van der Waals surface area contributed by atoms with Gasteiger partial charge in [0.1, 0.15) is 12.3 Å². The molecule has 0 heterocycles. The zero-order valence-electron chi connectivity index (χ0n) is 17.4. The third-order valence-electron chi connectivity index (χ3n) is 4.52. The summed E-state index contributed by atoms with van der Waals surface area (Å²) in [4.78, 5) is 24.6. The summed E-state index contributed by atoms with van der Waals surface area (Å²) < 4.78 is 33.5. The second-order valence-electron chi connectivity index (χ2n) is 6.68. The van der Waals surface area contributed by atoms with Crippen molar-refractivity contribution in [2.24, 2.45) is 5.73 Å². The molecule has 0 aliphatic heterocycles. The molecule has 3 aromatic carbocycles. The van der Waals surface area contributed by atoms with Crippen molar-refractivity contribution in [1.29, 1.82) is 0 Å². The lowest BCUT2D eigenvalue weighted by atomic mass is 10.1. The minimum Gasteiger partial charge on any atom is -0.492 e. The SMILES string of the molecule is CCOc1ccccc1N(CC(=O)Nc1ccccc1C(N)=O)S(=O)(=O)c1ccccc1. The molecule has 0 spiro atoms. The van der Waals surface area contributed by atoms with Crippen molar-refractivity contribution in [3.63, 3.8) is 0 Å². The van der Waals surface area contributed by atoms with Crippen LogP contribution >= 0.6 is 0 Å². The number of carbonyl (C=O) groups is 2. The number of carbonyl (C=O) groups excluding carboxylic acids is 2. The van der Waals surface area contributed by atoms with Crippen molar-refractivity contribution < 1.29 is 22.7 Å². The number of nitrogens with zero attached hydrogens (tertiary/aromatic N) is 1. The molecule has 0 fully saturated rings. The van der Waals surface area contributed by atoms with Crippen LogP contribution in [0, 0.1) is 0 Å². The number of primary amides is 1. The van der Waals surface area contributed by atoms with Gasteiger partial charge < -0.3 is 15.8 Å². The third-order valence-corrected chi connectivity index (χ3v) is 6.29. The molecule has 0 atom stereocenters. The fourth-order valence-electron chi connectivity index (χ4n) is 3.09. The number of amides is 2. The second kappa shape index (κ2) is 9.97. The highest BCUT2D eigenvalue weighted by Crippen LogP contribution is 2.32. The normalized spacial score (nSPS) is 10.9.